The van der Waals surface area contributed by atoms with Crippen LogP contribution in [0.25, 0.3) is 0 Å². The minimum atomic E-state index is -0.0135. The molecule has 5 heteroatoms. The third-order valence-electron chi connectivity index (χ3n) is 2.64. The second kappa shape index (κ2) is 7.39. The van der Waals surface area contributed by atoms with Gasteiger partial charge in [-0.2, -0.15) is 5.26 Å². The highest BCUT2D eigenvalue weighted by Crippen LogP contribution is 2.20. The van der Waals surface area contributed by atoms with E-state index in [-0.39, 0.29) is 5.91 Å². The van der Waals surface area contributed by atoms with E-state index in [1.807, 2.05) is 18.9 Å². The largest absolute Gasteiger partial charge is 0.496 e. The maximum Gasteiger partial charge on any atom is 0.234 e. The molecule has 0 fully saturated rings. The third kappa shape index (κ3) is 4.60. The molecule has 1 N–H and O–H groups in total. The summed E-state index contributed by atoms with van der Waals surface area (Å²) in [6.45, 7) is 3.38. The molecule has 0 aliphatic heterocycles. The Balaban J connectivity index is 2.75. The number of nitrogens with one attached hydrogen (secondary N) is 1. The van der Waals surface area contributed by atoms with Gasteiger partial charge in [-0.25, -0.2) is 0 Å². The van der Waals surface area contributed by atoms with E-state index in [4.69, 9.17) is 10.00 Å². The van der Waals surface area contributed by atoms with E-state index in [1.165, 1.54) is 0 Å². The number of carbonyl (C=O) groups excluding carboxylic acids is 1. The lowest BCUT2D eigenvalue weighted by Gasteiger charge is -2.18. The van der Waals surface area contributed by atoms with Gasteiger partial charge in [-0.1, -0.05) is 0 Å². The quantitative estimate of drug-likeness (QED) is 0.834. The van der Waals surface area contributed by atoms with Crippen LogP contribution < -0.4 is 10.1 Å². The second-order valence-corrected chi connectivity index (χ2v) is 4.26. The maximum absolute atomic E-state index is 11.5. The van der Waals surface area contributed by atoms with E-state index < -0.39 is 0 Å². The Labute approximate surface area is 113 Å². The second-order valence-electron chi connectivity index (χ2n) is 4.26. The molecule has 1 rings (SSSR count). The molecule has 0 saturated carbocycles. The molecule has 0 bridgehead atoms. The number of methoxy groups -OCH3 is 1. The van der Waals surface area contributed by atoms with Crippen molar-refractivity contribution in [2.75, 3.05) is 27.2 Å². The van der Waals surface area contributed by atoms with Gasteiger partial charge in [-0.05, 0) is 32.2 Å². The van der Waals surface area contributed by atoms with Crippen molar-refractivity contribution in [3.8, 4) is 11.8 Å². The summed E-state index contributed by atoms with van der Waals surface area (Å²) in [7, 11) is 3.45. The molecule has 0 unspecified atom stereocenters. The number of hydrogen-bond acceptors (Lipinski definition) is 4. The third-order valence-corrected chi connectivity index (χ3v) is 2.64. The van der Waals surface area contributed by atoms with Gasteiger partial charge in [-0.3, -0.25) is 9.69 Å². The molecule has 0 aliphatic rings. The topological polar surface area (TPSA) is 65.4 Å². The van der Waals surface area contributed by atoms with Crippen molar-refractivity contribution in [1.29, 1.82) is 5.26 Å². The zero-order valence-electron chi connectivity index (χ0n) is 11.6. The van der Waals surface area contributed by atoms with Gasteiger partial charge in [0.05, 0.1) is 25.3 Å². The Bertz CT molecular complexity index is 480. The summed E-state index contributed by atoms with van der Waals surface area (Å²) in [5.41, 5.74) is 1.48. The monoisotopic (exact) mass is 261 g/mol. The van der Waals surface area contributed by atoms with Gasteiger partial charge in [0.25, 0.3) is 0 Å². The Morgan fingerprint density at radius 1 is 1.53 bits per heavy atom. The fourth-order valence-electron chi connectivity index (χ4n) is 1.82. The van der Waals surface area contributed by atoms with Crippen LogP contribution in [0, 0.1) is 11.3 Å². The molecular formula is C14H19N3O2. The van der Waals surface area contributed by atoms with Crippen molar-refractivity contribution in [2.24, 2.45) is 0 Å². The molecule has 102 valence electrons. The molecule has 0 radical (unpaired) electrons. The van der Waals surface area contributed by atoms with E-state index in [1.54, 1.807) is 25.3 Å². The fraction of sp³-hybridized carbons (Fsp3) is 0.429. The van der Waals surface area contributed by atoms with Gasteiger partial charge in [-0.15, -0.1) is 0 Å². The van der Waals surface area contributed by atoms with Crippen LogP contribution in [-0.4, -0.2) is 38.1 Å². The normalized spacial score (nSPS) is 10.1. The van der Waals surface area contributed by atoms with Gasteiger partial charge in [0.1, 0.15) is 5.75 Å². The minimum Gasteiger partial charge on any atom is -0.496 e. The molecule has 0 aromatic heterocycles. The number of ether oxygens (including phenoxy) is 1. The van der Waals surface area contributed by atoms with Gasteiger partial charge in [0, 0.05) is 18.7 Å². The summed E-state index contributed by atoms with van der Waals surface area (Å²) in [5.74, 6) is 0.710. The SMILES string of the molecule is CCNC(=O)CN(C)Cc1cc(C#N)ccc1OC. The van der Waals surface area contributed by atoms with Crippen LogP contribution >= 0.6 is 0 Å². The van der Waals surface area contributed by atoms with Crippen LogP contribution in [0.2, 0.25) is 0 Å². The Kier molecular flexibility index (Phi) is 5.83. The zero-order valence-corrected chi connectivity index (χ0v) is 11.6. The van der Waals surface area contributed by atoms with E-state index in [9.17, 15) is 4.79 Å². The van der Waals surface area contributed by atoms with Crippen LogP contribution in [0.15, 0.2) is 18.2 Å². The highest BCUT2D eigenvalue weighted by Gasteiger charge is 2.10. The number of amides is 1. The van der Waals surface area contributed by atoms with Crippen molar-refractivity contribution < 1.29 is 9.53 Å². The van der Waals surface area contributed by atoms with E-state index in [0.717, 1.165) is 11.3 Å². The number of nitrogens with zero attached hydrogens (tertiary/aromatic N) is 2. The Hall–Kier alpha value is -2.06. The van der Waals surface area contributed by atoms with Crippen LogP contribution in [0.5, 0.6) is 5.75 Å². The summed E-state index contributed by atoms with van der Waals surface area (Å²) in [6.07, 6.45) is 0. The summed E-state index contributed by atoms with van der Waals surface area (Å²) >= 11 is 0. The van der Waals surface area contributed by atoms with Crippen LogP contribution in [0.3, 0.4) is 0 Å². The molecule has 5 nitrogen and oxygen atoms in total. The molecule has 0 aliphatic carbocycles. The highest BCUT2D eigenvalue weighted by molar-refractivity contribution is 5.77. The first-order valence-corrected chi connectivity index (χ1v) is 6.13. The minimum absolute atomic E-state index is 0.0135. The van der Waals surface area contributed by atoms with Crippen LogP contribution in [0.1, 0.15) is 18.1 Å². The van der Waals surface area contributed by atoms with Crippen molar-refractivity contribution in [3.63, 3.8) is 0 Å². The number of hydrogen-bond donors (Lipinski definition) is 1. The molecule has 19 heavy (non-hydrogen) atoms. The summed E-state index contributed by atoms with van der Waals surface area (Å²) in [4.78, 5) is 13.4. The fourth-order valence-corrected chi connectivity index (χ4v) is 1.82. The molecule has 0 saturated heterocycles. The zero-order chi connectivity index (χ0) is 14.3. The van der Waals surface area contributed by atoms with Crippen molar-refractivity contribution in [2.45, 2.75) is 13.5 Å². The van der Waals surface area contributed by atoms with Crippen LogP contribution in [0.4, 0.5) is 0 Å². The number of likely N-dealkylation sites (N-methyl/N-ethyl adjacent to an activating group) is 2. The van der Waals surface area contributed by atoms with Crippen molar-refractivity contribution >= 4 is 5.91 Å². The maximum atomic E-state index is 11.5. The molecule has 0 atom stereocenters. The number of benzene rings is 1. The first kappa shape index (κ1) is 15.0. The molecule has 1 aromatic carbocycles. The van der Waals surface area contributed by atoms with E-state index in [2.05, 4.69) is 11.4 Å². The molecule has 1 amide bonds. The van der Waals surface area contributed by atoms with Gasteiger partial charge >= 0.3 is 0 Å². The van der Waals surface area contributed by atoms with Gasteiger partial charge in [0.15, 0.2) is 0 Å². The number of rotatable bonds is 6. The lowest BCUT2D eigenvalue weighted by atomic mass is 10.1. The smallest absolute Gasteiger partial charge is 0.234 e. The highest BCUT2D eigenvalue weighted by atomic mass is 16.5. The standard InChI is InChI=1S/C14H19N3O2/c1-4-16-14(18)10-17(2)9-12-7-11(8-15)5-6-13(12)19-3/h5-7H,4,9-10H2,1-3H3,(H,16,18). The van der Waals surface area contributed by atoms with Crippen LogP contribution in [-0.2, 0) is 11.3 Å². The average Bonchev–Trinajstić information content (AvgIpc) is 2.38. The summed E-state index contributed by atoms with van der Waals surface area (Å²) in [6, 6.07) is 7.37. The lowest BCUT2D eigenvalue weighted by molar-refractivity contribution is -0.121. The molecule has 1 aromatic rings. The number of carbonyl (C=O) groups is 1. The van der Waals surface area contributed by atoms with Crippen molar-refractivity contribution in [1.82, 2.24) is 10.2 Å². The first-order valence-electron chi connectivity index (χ1n) is 6.13. The Morgan fingerprint density at radius 2 is 2.26 bits per heavy atom. The lowest BCUT2D eigenvalue weighted by Crippen LogP contribution is -2.34. The van der Waals surface area contributed by atoms with E-state index in [0.29, 0.717) is 25.2 Å². The molecule has 0 spiro atoms. The van der Waals surface area contributed by atoms with Gasteiger partial charge in [0.2, 0.25) is 5.91 Å². The molecular weight excluding hydrogens is 242 g/mol. The van der Waals surface area contributed by atoms with Crippen molar-refractivity contribution in [3.05, 3.63) is 29.3 Å². The van der Waals surface area contributed by atoms with E-state index >= 15 is 0 Å². The predicted octanol–water partition coefficient (Wildman–Crippen LogP) is 1.13. The molecule has 0 heterocycles. The summed E-state index contributed by atoms with van der Waals surface area (Å²) < 4.78 is 5.26. The van der Waals surface area contributed by atoms with Gasteiger partial charge < -0.3 is 10.1 Å². The first-order chi connectivity index (χ1) is 9.10. The summed E-state index contributed by atoms with van der Waals surface area (Å²) in [5, 5.41) is 11.7. The predicted molar refractivity (Wildman–Crippen MR) is 72.7 cm³/mol. The number of nitriles is 1. The Morgan fingerprint density at radius 3 is 2.84 bits per heavy atom. The average molecular weight is 261 g/mol.